The van der Waals surface area contributed by atoms with Crippen LogP contribution in [0.3, 0.4) is 0 Å². The molecule has 0 fully saturated rings. The predicted molar refractivity (Wildman–Crippen MR) is 62.6 cm³/mol. The van der Waals surface area contributed by atoms with Gasteiger partial charge in [-0.3, -0.25) is 0 Å². The molecule has 0 heterocycles. The summed E-state index contributed by atoms with van der Waals surface area (Å²) in [6.45, 7) is 4.63. The summed E-state index contributed by atoms with van der Waals surface area (Å²) in [4.78, 5) is 0. The first kappa shape index (κ1) is 12.0. The molecule has 2 nitrogen and oxygen atoms in total. The van der Waals surface area contributed by atoms with Gasteiger partial charge in [-0.1, -0.05) is 29.8 Å². The molecule has 2 atom stereocenters. The van der Waals surface area contributed by atoms with Crippen molar-refractivity contribution in [3.05, 3.63) is 34.9 Å². The van der Waals surface area contributed by atoms with Crippen molar-refractivity contribution in [2.24, 2.45) is 5.92 Å². The van der Waals surface area contributed by atoms with Crippen molar-refractivity contribution in [3.8, 4) is 6.07 Å². The number of nitriles is 1. The molecular weight excluding hydrogens is 208 g/mol. The molecule has 1 unspecified atom stereocenters. The second-order valence-corrected chi connectivity index (χ2v) is 4.09. The number of nitrogens with zero attached hydrogens (tertiary/aromatic N) is 1. The van der Waals surface area contributed by atoms with E-state index in [1.165, 1.54) is 0 Å². The average molecular weight is 223 g/mol. The van der Waals surface area contributed by atoms with Crippen LogP contribution >= 0.6 is 11.6 Å². The van der Waals surface area contributed by atoms with Crippen LogP contribution in [-0.4, -0.2) is 6.54 Å². The predicted octanol–water partition coefficient (Wildman–Crippen LogP) is 3.15. The summed E-state index contributed by atoms with van der Waals surface area (Å²) in [6.07, 6.45) is 0. The van der Waals surface area contributed by atoms with Crippen molar-refractivity contribution in [2.45, 2.75) is 19.9 Å². The summed E-state index contributed by atoms with van der Waals surface area (Å²) < 4.78 is 0. The molecule has 0 aromatic heterocycles. The van der Waals surface area contributed by atoms with Crippen molar-refractivity contribution < 1.29 is 0 Å². The topological polar surface area (TPSA) is 35.8 Å². The zero-order valence-corrected chi connectivity index (χ0v) is 9.75. The number of halogens is 1. The quantitative estimate of drug-likeness (QED) is 0.850. The average Bonchev–Trinajstić information content (AvgIpc) is 2.26. The lowest BCUT2D eigenvalue weighted by Gasteiger charge is -2.16. The van der Waals surface area contributed by atoms with E-state index < -0.39 is 0 Å². The Hall–Kier alpha value is -1.04. The Morgan fingerprint density at radius 1 is 1.40 bits per heavy atom. The van der Waals surface area contributed by atoms with E-state index in [0.29, 0.717) is 6.54 Å². The standard InChI is InChI=1S/C12H15ClN2/c1-9(7-14)8-15-10(2)11-5-3-4-6-12(11)13/h3-6,9-10,15H,8H2,1-2H3/t9?,10-/m1/s1. The molecule has 0 saturated carbocycles. The molecule has 1 N–H and O–H groups in total. The van der Waals surface area contributed by atoms with E-state index in [1.807, 2.05) is 38.1 Å². The smallest absolute Gasteiger partial charge is 0.0666 e. The lowest BCUT2D eigenvalue weighted by molar-refractivity contribution is 0.528. The summed E-state index contributed by atoms with van der Waals surface area (Å²) in [5.74, 6) is 0.0231. The highest BCUT2D eigenvalue weighted by Gasteiger charge is 2.09. The van der Waals surface area contributed by atoms with Gasteiger partial charge in [-0.2, -0.15) is 5.26 Å². The molecule has 0 saturated heterocycles. The third-order valence-corrected chi connectivity index (χ3v) is 2.67. The third-order valence-electron chi connectivity index (χ3n) is 2.32. The number of benzene rings is 1. The van der Waals surface area contributed by atoms with Gasteiger partial charge in [-0.05, 0) is 25.5 Å². The summed E-state index contributed by atoms with van der Waals surface area (Å²) in [7, 11) is 0. The Labute approximate surface area is 95.9 Å². The Bertz CT molecular complexity index is 357. The SMILES string of the molecule is CC(C#N)CN[C@H](C)c1ccccc1Cl. The summed E-state index contributed by atoms with van der Waals surface area (Å²) >= 11 is 6.06. The number of hydrogen-bond acceptors (Lipinski definition) is 2. The molecule has 1 aromatic carbocycles. The highest BCUT2D eigenvalue weighted by atomic mass is 35.5. The maximum atomic E-state index is 8.66. The maximum absolute atomic E-state index is 8.66. The molecule has 3 heteroatoms. The van der Waals surface area contributed by atoms with E-state index in [2.05, 4.69) is 11.4 Å². The fourth-order valence-electron chi connectivity index (χ4n) is 1.34. The normalized spacial score (nSPS) is 14.3. The second-order valence-electron chi connectivity index (χ2n) is 3.68. The summed E-state index contributed by atoms with van der Waals surface area (Å²) in [5, 5.41) is 12.7. The Balaban J connectivity index is 2.58. The van der Waals surface area contributed by atoms with Crippen molar-refractivity contribution in [2.75, 3.05) is 6.54 Å². The Morgan fingerprint density at radius 3 is 2.67 bits per heavy atom. The summed E-state index contributed by atoms with van der Waals surface area (Å²) in [5.41, 5.74) is 1.07. The van der Waals surface area contributed by atoms with E-state index in [4.69, 9.17) is 16.9 Å². The molecule has 0 aliphatic rings. The van der Waals surface area contributed by atoms with Crippen LogP contribution in [0.1, 0.15) is 25.5 Å². The molecule has 0 aliphatic carbocycles. The van der Waals surface area contributed by atoms with E-state index in [-0.39, 0.29) is 12.0 Å². The first-order valence-electron chi connectivity index (χ1n) is 5.02. The highest BCUT2D eigenvalue weighted by Crippen LogP contribution is 2.21. The van der Waals surface area contributed by atoms with Crippen molar-refractivity contribution in [1.29, 1.82) is 5.26 Å². The van der Waals surface area contributed by atoms with E-state index in [9.17, 15) is 0 Å². The van der Waals surface area contributed by atoms with Crippen molar-refractivity contribution >= 4 is 11.6 Å². The zero-order valence-electron chi connectivity index (χ0n) is 9.00. The van der Waals surface area contributed by atoms with Gasteiger partial charge in [0.05, 0.1) is 12.0 Å². The van der Waals surface area contributed by atoms with E-state index in [1.54, 1.807) is 0 Å². The third kappa shape index (κ3) is 3.54. The maximum Gasteiger partial charge on any atom is 0.0666 e. The molecule has 0 bridgehead atoms. The molecular formula is C12H15ClN2. The van der Waals surface area contributed by atoms with Gasteiger partial charge in [0.15, 0.2) is 0 Å². The molecule has 1 aromatic rings. The molecule has 80 valence electrons. The van der Waals surface area contributed by atoms with E-state index >= 15 is 0 Å². The minimum atomic E-state index is 0.0231. The van der Waals surface area contributed by atoms with E-state index in [0.717, 1.165) is 10.6 Å². The van der Waals surface area contributed by atoms with Crippen molar-refractivity contribution in [1.82, 2.24) is 5.32 Å². The van der Waals surface area contributed by atoms with Crippen LogP contribution in [-0.2, 0) is 0 Å². The van der Waals surface area contributed by atoms with Crippen LogP contribution in [0.4, 0.5) is 0 Å². The fourth-order valence-corrected chi connectivity index (χ4v) is 1.63. The Kier molecular flexibility index (Phi) is 4.61. The number of hydrogen-bond donors (Lipinski definition) is 1. The first-order chi connectivity index (χ1) is 7.15. The lowest BCUT2D eigenvalue weighted by Crippen LogP contribution is -2.24. The second kappa shape index (κ2) is 5.75. The van der Waals surface area contributed by atoms with Crippen LogP contribution < -0.4 is 5.32 Å². The van der Waals surface area contributed by atoms with Crippen LogP contribution in [0, 0.1) is 17.2 Å². The molecule has 0 amide bonds. The van der Waals surface area contributed by atoms with Gasteiger partial charge < -0.3 is 5.32 Å². The first-order valence-corrected chi connectivity index (χ1v) is 5.40. The summed E-state index contributed by atoms with van der Waals surface area (Å²) in [6, 6.07) is 10.1. The van der Waals surface area contributed by atoms with Crippen LogP contribution in [0.5, 0.6) is 0 Å². The zero-order chi connectivity index (χ0) is 11.3. The van der Waals surface area contributed by atoms with Gasteiger partial charge in [0.1, 0.15) is 0 Å². The van der Waals surface area contributed by atoms with Crippen molar-refractivity contribution in [3.63, 3.8) is 0 Å². The van der Waals surface area contributed by atoms with Gasteiger partial charge in [-0.25, -0.2) is 0 Å². The van der Waals surface area contributed by atoms with Crippen LogP contribution in [0.25, 0.3) is 0 Å². The van der Waals surface area contributed by atoms with Gasteiger partial charge in [0.2, 0.25) is 0 Å². The van der Waals surface area contributed by atoms with Gasteiger partial charge in [0.25, 0.3) is 0 Å². The lowest BCUT2D eigenvalue weighted by atomic mass is 10.1. The number of rotatable bonds is 4. The molecule has 0 spiro atoms. The van der Waals surface area contributed by atoms with Gasteiger partial charge in [0, 0.05) is 17.6 Å². The minimum Gasteiger partial charge on any atom is -0.309 e. The van der Waals surface area contributed by atoms with Gasteiger partial charge >= 0.3 is 0 Å². The Morgan fingerprint density at radius 2 is 2.07 bits per heavy atom. The fraction of sp³-hybridized carbons (Fsp3) is 0.417. The highest BCUT2D eigenvalue weighted by molar-refractivity contribution is 6.31. The largest absolute Gasteiger partial charge is 0.309 e. The van der Waals surface area contributed by atoms with Crippen LogP contribution in [0.2, 0.25) is 5.02 Å². The van der Waals surface area contributed by atoms with Crippen LogP contribution in [0.15, 0.2) is 24.3 Å². The molecule has 1 rings (SSSR count). The van der Waals surface area contributed by atoms with Gasteiger partial charge in [-0.15, -0.1) is 0 Å². The number of nitrogens with one attached hydrogen (secondary N) is 1. The molecule has 0 radical (unpaired) electrons. The monoisotopic (exact) mass is 222 g/mol. The minimum absolute atomic E-state index is 0.0231. The molecule has 15 heavy (non-hydrogen) atoms. The molecule has 0 aliphatic heterocycles.